The van der Waals surface area contributed by atoms with Crippen LogP contribution < -0.4 is 16.4 Å². The zero-order chi connectivity index (χ0) is 24.1. The first-order valence-corrected chi connectivity index (χ1v) is 12.8. The third kappa shape index (κ3) is 3.61. The van der Waals surface area contributed by atoms with Gasteiger partial charge in [0.2, 0.25) is 5.91 Å². The predicted molar refractivity (Wildman–Crippen MR) is 137 cm³/mol. The molecule has 1 N–H and O–H groups in total. The zero-order valence-electron chi connectivity index (χ0n) is 19.4. The molecule has 0 saturated carbocycles. The number of rotatable bonds is 5. The van der Waals surface area contributed by atoms with Crippen LogP contribution in [-0.4, -0.2) is 30.1 Å². The summed E-state index contributed by atoms with van der Waals surface area (Å²) in [6.45, 7) is 3.54. The summed E-state index contributed by atoms with van der Waals surface area (Å²) in [5, 5.41) is 3.46. The lowest BCUT2D eigenvalue weighted by atomic mass is 10.2. The lowest BCUT2D eigenvalue weighted by molar-refractivity contribution is -0.115. The number of thioether (sulfide) groups is 1. The quantitative estimate of drug-likeness (QED) is 0.339. The van der Waals surface area contributed by atoms with Crippen LogP contribution in [0.5, 0.6) is 0 Å². The first-order chi connectivity index (χ1) is 16.3. The van der Waals surface area contributed by atoms with Gasteiger partial charge in [0.05, 0.1) is 22.0 Å². The van der Waals surface area contributed by atoms with Crippen LogP contribution in [0.1, 0.15) is 29.5 Å². The van der Waals surface area contributed by atoms with Gasteiger partial charge >= 0.3 is 0 Å². The first kappa shape index (κ1) is 22.7. The average molecular weight is 496 g/mol. The summed E-state index contributed by atoms with van der Waals surface area (Å²) >= 11 is 2.80. The van der Waals surface area contributed by atoms with Crippen molar-refractivity contribution in [2.75, 3.05) is 5.32 Å². The molecule has 1 aliphatic rings. The maximum Gasteiger partial charge on any atom is 0.295 e. The molecular weight excluding hydrogens is 470 g/mol. The smallest absolute Gasteiger partial charge is 0.295 e. The Bertz CT molecular complexity index is 1550. The van der Waals surface area contributed by atoms with E-state index in [-0.39, 0.29) is 22.7 Å². The van der Waals surface area contributed by atoms with Crippen molar-refractivity contribution >= 4 is 44.9 Å². The van der Waals surface area contributed by atoms with Crippen molar-refractivity contribution < 1.29 is 4.79 Å². The molecule has 0 unspecified atom stereocenters. The van der Waals surface area contributed by atoms with Crippen LogP contribution in [0.3, 0.4) is 0 Å². The first-order valence-electron chi connectivity index (χ1n) is 11.1. The molecule has 0 radical (unpaired) electrons. The number of aryl methyl sites for hydroxylation is 2. The van der Waals surface area contributed by atoms with Crippen molar-refractivity contribution in [3.63, 3.8) is 0 Å². The molecule has 0 aliphatic heterocycles. The van der Waals surface area contributed by atoms with Gasteiger partial charge in [0.25, 0.3) is 11.1 Å². The SMILES string of the molecule is Cc1c(NC(=O)[C@H](C)Sc2nc3sc4c(c3c(=O)n2C)CCC4)c(=O)n(-c2ccccc2)n1C. The number of carbonyl (C=O) groups is 1. The van der Waals surface area contributed by atoms with Gasteiger partial charge in [0.15, 0.2) is 5.16 Å². The van der Waals surface area contributed by atoms with Gasteiger partial charge in [-0.2, -0.15) is 0 Å². The Balaban J connectivity index is 1.41. The predicted octanol–water partition coefficient (Wildman–Crippen LogP) is 3.40. The number of anilines is 1. The van der Waals surface area contributed by atoms with E-state index in [0.717, 1.165) is 40.7 Å². The number of hydrogen-bond donors (Lipinski definition) is 1. The van der Waals surface area contributed by atoms with Crippen molar-refractivity contribution in [2.24, 2.45) is 14.1 Å². The molecule has 1 aromatic carbocycles. The van der Waals surface area contributed by atoms with Crippen molar-refractivity contribution in [3.05, 3.63) is 67.2 Å². The summed E-state index contributed by atoms with van der Waals surface area (Å²) in [5.74, 6) is -0.320. The van der Waals surface area contributed by atoms with Gasteiger partial charge in [-0.25, -0.2) is 9.67 Å². The highest BCUT2D eigenvalue weighted by Crippen LogP contribution is 2.35. The molecule has 0 spiro atoms. The van der Waals surface area contributed by atoms with E-state index in [9.17, 15) is 14.4 Å². The molecular formula is C24H25N5O3S2. The lowest BCUT2D eigenvalue weighted by Crippen LogP contribution is -2.28. The van der Waals surface area contributed by atoms with Gasteiger partial charge in [0, 0.05) is 19.0 Å². The molecule has 1 atom stereocenters. The summed E-state index contributed by atoms with van der Waals surface area (Å²) < 4.78 is 4.77. The number of nitrogens with one attached hydrogen (secondary N) is 1. The summed E-state index contributed by atoms with van der Waals surface area (Å²) in [5.41, 5.74) is 2.40. The van der Waals surface area contributed by atoms with Crippen LogP contribution >= 0.6 is 23.1 Å². The molecule has 10 heteroatoms. The Kier molecular flexibility index (Phi) is 5.73. The topological polar surface area (TPSA) is 90.9 Å². The molecule has 3 heterocycles. The molecule has 0 bridgehead atoms. The molecule has 0 fully saturated rings. The fourth-order valence-electron chi connectivity index (χ4n) is 4.36. The highest BCUT2D eigenvalue weighted by molar-refractivity contribution is 8.00. The molecule has 1 aliphatic carbocycles. The number of amides is 1. The number of benzene rings is 1. The van der Waals surface area contributed by atoms with Crippen molar-refractivity contribution in [1.82, 2.24) is 18.9 Å². The Morgan fingerprint density at radius 2 is 1.88 bits per heavy atom. The van der Waals surface area contributed by atoms with Gasteiger partial charge in [0.1, 0.15) is 10.5 Å². The Hall–Kier alpha value is -3.11. The number of nitrogens with zero attached hydrogens (tertiary/aromatic N) is 4. The van der Waals surface area contributed by atoms with Gasteiger partial charge in [-0.3, -0.25) is 23.6 Å². The molecule has 176 valence electrons. The molecule has 4 aromatic rings. The van der Waals surface area contributed by atoms with Crippen LogP contribution in [0.25, 0.3) is 15.9 Å². The second-order valence-corrected chi connectivity index (χ2v) is 10.9. The number of para-hydroxylation sites is 1. The number of aromatic nitrogens is 4. The summed E-state index contributed by atoms with van der Waals surface area (Å²) in [6, 6.07) is 9.28. The molecule has 1 amide bonds. The van der Waals surface area contributed by atoms with Crippen LogP contribution in [0, 0.1) is 6.92 Å². The van der Waals surface area contributed by atoms with E-state index in [0.29, 0.717) is 10.9 Å². The summed E-state index contributed by atoms with van der Waals surface area (Å²) in [7, 11) is 3.48. The number of thiophene rings is 1. The van der Waals surface area contributed by atoms with Crippen molar-refractivity contribution in [3.8, 4) is 5.69 Å². The van der Waals surface area contributed by atoms with Gasteiger partial charge in [-0.1, -0.05) is 30.0 Å². The van der Waals surface area contributed by atoms with Crippen molar-refractivity contribution in [2.45, 2.75) is 43.5 Å². The Morgan fingerprint density at radius 3 is 2.62 bits per heavy atom. The third-order valence-corrected chi connectivity index (χ3v) is 8.69. The number of carbonyl (C=O) groups excluding carboxylic acids is 1. The molecule has 5 rings (SSSR count). The maximum absolute atomic E-state index is 13.1. The summed E-state index contributed by atoms with van der Waals surface area (Å²) in [4.78, 5) is 45.9. The van der Waals surface area contributed by atoms with Gasteiger partial charge in [-0.15, -0.1) is 11.3 Å². The van der Waals surface area contributed by atoms with Crippen LogP contribution in [0.15, 0.2) is 45.1 Å². The third-order valence-electron chi connectivity index (χ3n) is 6.36. The minimum Gasteiger partial charge on any atom is -0.319 e. The standard InChI is InChI=1S/C24H25N5O3S2/c1-13-19(23(32)29(28(13)4)15-9-6-5-7-10-15)25-20(30)14(2)33-24-26-21-18(22(31)27(24)3)16-11-8-12-17(16)34-21/h5-7,9-10,14H,8,11-12H2,1-4H3,(H,25,30)/t14-/m0/s1. The number of fused-ring (bicyclic) bond motifs is 3. The van der Waals surface area contributed by atoms with E-state index < -0.39 is 5.25 Å². The monoisotopic (exact) mass is 495 g/mol. The Labute approximate surface area is 204 Å². The lowest BCUT2D eigenvalue weighted by Gasteiger charge is -2.13. The van der Waals surface area contributed by atoms with Gasteiger partial charge in [-0.05, 0) is 50.8 Å². The van der Waals surface area contributed by atoms with E-state index in [4.69, 9.17) is 4.98 Å². The Morgan fingerprint density at radius 1 is 1.15 bits per heavy atom. The highest BCUT2D eigenvalue weighted by atomic mass is 32.2. The van der Waals surface area contributed by atoms with E-state index in [1.165, 1.54) is 25.9 Å². The molecule has 34 heavy (non-hydrogen) atoms. The second kappa shape index (κ2) is 8.59. The minimum atomic E-state index is -0.563. The highest BCUT2D eigenvalue weighted by Gasteiger charge is 2.25. The van der Waals surface area contributed by atoms with Crippen molar-refractivity contribution in [1.29, 1.82) is 0 Å². The molecule has 0 saturated heterocycles. The molecule has 8 nitrogen and oxygen atoms in total. The van der Waals surface area contributed by atoms with E-state index in [1.54, 1.807) is 44.0 Å². The normalized spacial score (nSPS) is 13.9. The van der Waals surface area contributed by atoms with E-state index in [2.05, 4.69) is 5.32 Å². The fraction of sp³-hybridized carbons (Fsp3) is 0.333. The van der Waals surface area contributed by atoms with E-state index >= 15 is 0 Å². The fourth-order valence-corrected chi connectivity index (χ4v) is 6.54. The van der Waals surface area contributed by atoms with Crippen LogP contribution in [0.2, 0.25) is 0 Å². The van der Waals surface area contributed by atoms with Crippen LogP contribution in [0.4, 0.5) is 5.69 Å². The van der Waals surface area contributed by atoms with E-state index in [1.807, 2.05) is 30.3 Å². The molecule has 3 aromatic heterocycles. The minimum absolute atomic E-state index is 0.0656. The summed E-state index contributed by atoms with van der Waals surface area (Å²) in [6.07, 6.45) is 3.01. The largest absolute Gasteiger partial charge is 0.319 e. The zero-order valence-corrected chi connectivity index (χ0v) is 21.0. The average Bonchev–Trinajstić information content (AvgIpc) is 3.46. The van der Waals surface area contributed by atoms with Gasteiger partial charge < -0.3 is 5.32 Å². The number of hydrogen-bond acceptors (Lipinski definition) is 6. The van der Waals surface area contributed by atoms with Crippen LogP contribution in [-0.2, 0) is 31.7 Å². The maximum atomic E-state index is 13.1. The second-order valence-electron chi connectivity index (χ2n) is 8.48.